The highest BCUT2D eigenvalue weighted by Gasteiger charge is 2.17. The zero-order valence-electron chi connectivity index (χ0n) is 11.6. The monoisotopic (exact) mass is 282 g/mol. The van der Waals surface area contributed by atoms with Gasteiger partial charge < -0.3 is 15.4 Å². The fraction of sp³-hybridized carbons (Fsp3) is 0.600. The summed E-state index contributed by atoms with van der Waals surface area (Å²) in [5.41, 5.74) is 7.82. The van der Waals surface area contributed by atoms with Crippen molar-refractivity contribution in [3.8, 4) is 5.75 Å². The van der Waals surface area contributed by atoms with E-state index >= 15 is 0 Å². The molecule has 1 aliphatic heterocycles. The largest absolute Gasteiger partial charge is 0.495 e. The SMILES string of the molecule is COc1cc(CCCN)c(Cl)cc1N1CCCCC1. The Morgan fingerprint density at radius 2 is 2.00 bits per heavy atom. The van der Waals surface area contributed by atoms with E-state index in [-0.39, 0.29) is 0 Å². The molecule has 3 nitrogen and oxygen atoms in total. The molecule has 4 heteroatoms. The van der Waals surface area contributed by atoms with E-state index in [1.807, 2.05) is 0 Å². The van der Waals surface area contributed by atoms with Gasteiger partial charge in [-0.3, -0.25) is 0 Å². The van der Waals surface area contributed by atoms with Crippen molar-refractivity contribution in [2.45, 2.75) is 32.1 Å². The molecule has 0 atom stereocenters. The van der Waals surface area contributed by atoms with E-state index < -0.39 is 0 Å². The summed E-state index contributed by atoms with van der Waals surface area (Å²) in [5, 5.41) is 0.829. The van der Waals surface area contributed by atoms with Crippen molar-refractivity contribution in [1.82, 2.24) is 0 Å². The van der Waals surface area contributed by atoms with Crippen LogP contribution >= 0.6 is 11.6 Å². The lowest BCUT2D eigenvalue weighted by molar-refractivity contribution is 0.412. The van der Waals surface area contributed by atoms with Gasteiger partial charge in [-0.05, 0) is 56.3 Å². The van der Waals surface area contributed by atoms with Crippen LogP contribution in [0.1, 0.15) is 31.2 Å². The Balaban J connectivity index is 2.25. The second-order valence-electron chi connectivity index (χ2n) is 5.06. The molecule has 1 aromatic rings. The first-order chi connectivity index (χ1) is 9.26. The number of nitrogens with zero attached hydrogens (tertiary/aromatic N) is 1. The molecule has 2 rings (SSSR count). The van der Waals surface area contributed by atoms with Crippen LogP contribution in [0.15, 0.2) is 12.1 Å². The third kappa shape index (κ3) is 3.54. The van der Waals surface area contributed by atoms with Crippen LogP contribution in [0, 0.1) is 0 Å². The number of halogens is 1. The zero-order chi connectivity index (χ0) is 13.7. The molecule has 1 fully saturated rings. The Bertz CT molecular complexity index is 417. The summed E-state index contributed by atoms with van der Waals surface area (Å²) >= 11 is 6.39. The number of aryl methyl sites for hydroxylation is 1. The van der Waals surface area contributed by atoms with E-state index in [9.17, 15) is 0 Å². The second kappa shape index (κ2) is 7.01. The Kier molecular flexibility index (Phi) is 5.34. The Morgan fingerprint density at radius 3 is 2.63 bits per heavy atom. The topological polar surface area (TPSA) is 38.5 Å². The van der Waals surface area contributed by atoms with E-state index in [4.69, 9.17) is 22.1 Å². The molecule has 0 saturated carbocycles. The minimum Gasteiger partial charge on any atom is -0.495 e. The maximum atomic E-state index is 6.39. The highest BCUT2D eigenvalue weighted by molar-refractivity contribution is 6.31. The van der Waals surface area contributed by atoms with Crippen LogP contribution in [0.5, 0.6) is 5.75 Å². The van der Waals surface area contributed by atoms with Gasteiger partial charge in [-0.2, -0.15) is 0 Å². The highest BCUT2D eigenvalue weighted by Crippen LogP contribution is 2.35. The first-order valence-electron chi connectivity index (χ1n) is 7.07. The number of hydrogen-bond donors (Lipinski definition) is 1. The first-order valence-corrected chi connectivity index (χ1v) is 7.45. The van der Waals surface area contributed by atoms with Gasteiger partial charge in [0.05, 0.1) is 12.8 Å². The number of hydrogen-bond acceptors (Lipinski definition) is 3. The third-order valence-electron chi connectivity index (χ3n) is 3.69. The van der Waals surface area contributed by atoms with Crippen molar-refractivity contribution in [2.24, 2.45) is 5.73 Å². The number of piperidine rings is 1. The van der Waals surface area contributed by atoms with Crippen LogP contribution < -0.4 is 15.4 Å². The van der Waals surface area contributed by atoms with E-state index in [2.05, 4.69) is 17.0 Å². The Morgan fingerprint density at radius 1 is 1.26 bits per heavy atom. The summed E-state index contributed by atoms with van der Waals surface area (Å²) in [4.78, 5) is 2.38. The number of ether oxygens (including phenoxy) is 1. The summed E-state index contributed by atoms with van der Waals surface area (Å²) in [6.45, 7) is 2.87. The van der Waals surface area contributed by atoms with Gasteiger partial charge in [0.25, 0.3) is 0 Å². The van der Waals surface area contributed by atoms with Crippen molar-refractivity contribution in [3.05, 3.63) is 22.7 Å². The maximum Gasteiger partial charge on any atom is 0.142 e. The molecule has 19 heavy (non-hydrogen) atoms. The fourth-order valence-electron chi connectivity index (χ4n) is 2.61. The molecular weight excluding hydrogens is 260 g/mol. The van der Waals surface area contributed by atoms with E-state index in [1.54, 1.807) is 7.11 Å². The van der Waals surface area contributed by atoms with Gasteiger partial charge >= 0.3 is 0 Å². The molecule has 0 spiro atoms. The fourth-order valence-corrected chi connectivity index (χ4v) is 2.87. The first kappa shape index (κ1) is 14.5. The predicted molar refractivity (Wildman–Crippen MR) is 81.4 cm³/mol. The van der Waals surface area contributed by atoms with Crippen LogP contribution in [0.25, 0.3) is 0 Å². The Labute approximate surface area is 120 Å². The summed E-state index contributed by atoms with van der Waals surface area (Å²) in [7, 11) is 1.73. The van der Waals surface area contributed by atoms with Crippen molar-refractivity contribution in [2.75, 3.05) is 31.6 Å². The molecule has 0 radical (unpaired) electrons. The summed E-state index contributed by atoms with van der Waals surface area (Å²) in [6, 6.07) is 4.12. The van der Waals surface area contributed by atoms with Gasteiger partial charge in [-0.1, -0.05) is 11.6 Å². The zero-order valence-corrected chi connectivity index (χ0v) is 12.4. The molecule has 0 aliphatic carbocycles. The average molecular weight is 283 g/mol. The standard InChI is InChI=1S/C15H23ClN2O/c1-19-15-10-12(6-5-7-17)13(16)11-14(15)18-8-3-2-4-9-18/h10-11H,2-9,17H2,1H3. The molecule has 0 bridgehead atoms. The van der Waals surface area contributed by atoms with Crippen LogP contribution in [-0.4, -0.2) is 26.7 Å². The highest BCUT2D eigenvalue weighted by atomic mass is 35.5. The van der Waals surface area contributed by atoms with E-state index in [0.717, 1.165) is 48.0 Å². The number of anilines is 1. The van der Waals surface area contributed by atoms with Gasteiger partial charge in [0.2, 0.25) is 0 Å². The average Bonchev–Trinajstić information content (AvgIpc) is 2.46. The minimum absolute atomic E-state index is 0.687. The van der Waals surface area contributed by atoms with Crippen molar-refractivity contribution < 1.29 is 4.74 Å². The maximum absolute atomic E-state index is 6.39. The normalized spacial score (nSPS) is 15.6. The molecule has 2 N–H and O–H groups in total. The Hall–Kier alpha value is -0.930. The lowest BCUT2D eigenvalue weighted by Gasteiger charge is -2.30. The molecular formula is C15H23ClN2O. The van der Waals surface area contributed by atoms with Crippen molar-refractivity contribution in [1.29, 1.82) is 0 Å². The van der Waals surface area contributed by atoms with E-state index in [1.165, 1.54) is 19.3 Å². The van der Waals surface area contributed by atoms with Gasteiger partial charge in [0.15, 0.2) is 0 Å². The molecule has 1 aromatic carbocycles. The lowest BCUT2D eigenvalue weighted by Crippen LogP contribution is -2.29. The molecule has 1 heterocycles. The third-order valence-corrected chi connectivity index (χ3v) is 4.05. The van der Waals surface area contributed by atoms with Crippen LogP contribution in [0.4, 0.5) is 5.69 Å². The number of benzene rings is 1. The second-order valence-corrected chi connectivity index (χ2v) is 5.46. The van der Waals surface area contributed by atoms with Crippen molar-refractivity contribution in [3.63, 3.8) is 0 Å². The van der Waals surface area contributed by atoms with Crippen molar-refractivity contribution >= 4 is 17.3 Å². The van der Waals surface area contributed by atoms with Crippen LogP contribution in [0.3, 0.4) is 0 Å². The van der Waals surface area contributed by atoms with E-state index in [0.29, 0.717) is 6.54 Å². The molecule has 1 aliphatic rings. The quantitative estimate of drug-likeness (QED) is 0.901. The molecule has 1 saturated heterocycles. The molecule has 0 amide bonds. The van der Waals surface area contributed by atoms with Gasteiger partial charge in [-0.25, -0.2) is 0 Å². The van der Waals surface area contributed by atoms with Gasteiger partial charge in [0, 0.05) is 18.1 Å². The summed E-state index contributed by atoms with van der Waals surface area (Å²) in [6.07, 6.45) is 5.67. The van der Waals surface area contributed by atoms with Gasteiger partial charge in [-0.15, -0.1) is 0 Å². The summed E-state index contributed by atoms with van der Waals surface area (Å²) in [5.74, 6) is 0.929. The number of methoxy groups -OCH3 is 1. The smallest absolute Gasteiger partial charge is 0.142 e. The lowest BCUT2D eigenvalue weighted by atomic mass is 10.1. The number of nitrogens with two attached hydrogens (primary N) is 1. The van der Waals surface area contributed by atoms with Gasteiger partial charge in [0.1, 0.15) is 5.75 Å². The van der Waals surface area contributed by atoms with Crippen LogP contribution in [0.2, 0.25) is 5.02 Å². The number of rotatable bonds is 5. The molecule has 106 valence electrons. The summed E-state index contributed by atoms with van der Waals surface area (Å²) < 4.78 is 5.54. The van der Waals surface area contributed by atoms with Crippen LogP contribution in [-0.2, 0) is 6.42 Å². The molecule has 0 unspecified atom stereocenters. The predicted octanol–water partition coefficient (Wildman–Crippen LogP) is 3.23. The molecule has 0 aromatic heterocycles. The minimum atomic E-state index is 0.687.